The Bertz CT molecular complexity index is 1160. The largest absolute Gasteiger partial charge is 0.346 e. The fourth-order valence-electron chi connectivity index (χ4n) is 3.67. The van der Waals surface area contributed by atoms with Gasteiger partial charge in [-0.15, -0.1) is 0 Å². The summed E-state index contributed by atoms with van der Waals surface area (Å²) in [5, 5.41) is 5.39. The highest BCUT2D eigenvalue weighted by Crippen LogP contribution is 2.39. The summed E-state index contributed by atoms with van der Waals surface area (Å²) in [6.07, 6.45) is 8.68. The van der Waals surface area contributed by atoms with Crippen LogP contribution in [-0.4, -0.2) is 58.1 Å². The van der Waals surface area contributed by atoms with Gasteiger partial charge in [0.1, 0.15) is 21.9 Å². The van der Waals surface area contributed by atoms with E-state index in [1.807, 2.05) is 18.5 Å². The van der Waals surface area contributed by atoms with Crippen molar-refractivity contribution in [3.8, 4) is 11.3 Å². The number of nitrogens with zero attached hydrogens (tertiary/aromatic N) is 6. The van der Waals surface area contributed by atoms with Crippen molar-refractivity contribution < 1.29 is 4.21 Å². The molecular weight excluding hydrogens is 364 g/mol. The zero-order valence-electron chi connectivity index (χ0n) is 14.5. The maximum Gasteiger partial charge on any atom is 0.242 e. The lowest BCUT2D eigenvalue weighted by molar-refractivity contribution is 0.0862. The Kier molecular flexibility index (Phi) is 3.41. The number of fused-ring (bicyclic) bond motifs is 1. The monoisotopic (exact) mass is 382 g/mol. The lowest BCUT2D eigenvalue weighted by Crippen LogP contribution is -2.65. The predicted molar refractivity (Wildman–Crippen MR) is 100 cm³/mol. The molecule has 2 N–H and O–H groups in total. The molecule has 2 aliphatic rings. The molecule has 0 bridgehead atoms. The quantitative estimate of drug-likeness (QED) is 0.657. The van der Waals surface area contributed by atoms with E-state index in [2.05, 4.69) is 24.9 Å². The molecule has 5 rings (SSSR count). The van der Waals surface area contributed by atoms with Crippen LogP contribution in [-0.2, 0) is 15.5 Å². The van der Waals surface area contributed by atoms with Crippen LogP contribution in [0.1, 0.15) is 12.8 Å². The van der Waals surface area contributed by atoms with Crippen molar-refractivity contribution in [3.63, 3.8) is 0 Å². The normalized spacial score (nSPS) is 21.4. The van der Waals surface area contributed by atoms with Crippen molar-refractivity contribution in [2.24, 2.45) is 0 Å². The number of nitrogens with one attached hydrogen (secondary N) is 2. The SMILES string of the molecule is [C-]#[N+]CC1(n2cc(-c3ncnc4[nH]ccc34)cn2)CN(S(=N)(=O)C2CC2)C1. The Morgan fingerprint density at radius 2 is 2.22 bits per heavy atom. The molecule has 1 aliphatic carbocycles. The lowest BCUT2D eigenvalue weighted by atomic mass is 9.92. The summed E-state index contributed by atoms with van der Waals surface area (Å²) >= 11 is 0. The van der Waals surface area contributed by atoms with Gasteiger partial charge in [-0.25, -0.2) is 29.8 Å². The van der Waals surface area contributed by atoms with E-state index in [4.69, 9.17) is 11.4 Å². The molecule has 3 aromatic rings. The molecule has 138 valence electrons. The molecule has 1 unspecified atom stereocenters. The van der Waals surface area contributed by atoms with Crippen molar-refractivity contribution in [1.29, 1.82) is 4.78 Å². The highest BCUT2D eigenvalue weighted by Gasteiger charge is 2.54. The highest BCUT2D eigenvalue weighted by atomic mass is 32.2. The summed E-state index contributed by atoms with van der Waals surface area (Å²) in [5.74, 6) is 0. The second-order valence-electron chi connectivity index (χ2n) is 7.24. The average molecular weight is 382 g/mol. The predicted octanol–water partition coefficient (Wildman–Crippen LogP) is 1.88. The second-order valence-corrected chi connectivity index (χ2v) is 9.56. The maximum atomic E-state index is 12.7. The topological polar surface area (TPSA) is 108 Å². The number of hydrogen-bond donors (Lipinski definition) is 2. The van der Waals surface area contributed by atoms with E-state index in [0.29, 0.717) is 13.1 Å². The van der Waals surface area contributed by atoms with Crippen LogP contribution in [0.3, 0.4) is 0 Å². The van der Waals surface area contributed by atoms with E-state index in [-0.39, 0.29) is 11.8 Å². The van der Waals surface area contributed by atoms with E-state index in [1.54, 1.807) is 15.2 Å². The highest BCUT2D eigenvalue weighted by molar-refractivity contribution is 7.91. The number of hydrogen-bond acceptors (Lipinski definition) is 5. The summed E-state index contributed by atoms with van der Waals surface area (Å²) < 4.78 is 24.4. The standard InChI is InChI=1S/C17H18N8OS/c1-19-8-17(9-24(10-17)27(18,26)13-2-3-13)25-7-12(6-23-25)15-14-4-5-20-16(14)22-11-21-15/h4-7,11,13,18H,2-3,8-10H2,(H,20,21,22). The van der Waals surface area contributed by atoms with E-state index in [1.165, 1.54) is 6.33 Å². The molecule has 4 heterocycles. The van der Waals surface area contributed by atoms with Crippen LogP contribution in [0.15, 0.2) is 31.0 Å². The van der Waals surface area contributed by atoms with Crippen molar-refractivity contribution in [3.05, 3.63) is 42.4 Å². The Labute approximate surface area is 156 Å². The Morgan fingerprint density at radius 3 is 2.96 bits per heavy atom. The minimum absolute atomic E-state index is 0.0143. The van der Waals surface area contributed by atoms with Crippen LogP contribution in [0.5, 0.6) is 0 Å². The van der Waals surface area contributed by atoms with Crippen molar-refractivity contribution in [2.45, 2.75) is 23.6 Å². The third-order valence-corrected chi connectivity index (χ3v) is 7.77. The Balaban J connectivity index is 1.47. The van der Waals surface area contributed by atoms with Gasteiger partial charge in [-0.3, -0.25) is 4.68 Å². The minimum atomic E-state index is -2.73. The van der Waals surface area contributed by atoms with Crippen molar-refractivity contribution >= 4 is 20.9 Å². The van der Waals surface area contributed by atoms with Gasteiger partial charge in [0, 0.05) is 36.4 Å². The number of rotatable bonds is 5. The molecular formula is C17H18N8OS. The van der Waals surface area contributed by atoms with Gasteiger partial charge in [-0.2, -0.15) is 5.10 Å². The Morgan fingerprint density at radius 1 is 1.41 bits per heavy atom. The van der Waals surface area contributed by atoms with Gasteiger partial charge in [0.15, 0.2) is 5.54 Å². The summed E-state index contributed by atoms with van der Waals surface area (Å²) in [7, 11) is -2.73. The molecule has 10 heteroatoms. The maximum absolute atomic E-state index is 12.7. The average Bonchev–Trinajstić information content (AvgIpc) is 3.19. The zero-order chi connectivity index (χ0) is 18.6. The fourth-order valence-corrected chi connectivity index (χ4v) is 5.73. The molecule has 2 fully saturated rings. The third-order valence-electron chi connectivity index (χ3n) is 5.37. The molecule has 1 aliphatic heterocycles. The minimum Gasteiger partial charge on any atom is -0.346 e. The van der Waals surface area contributed by atoms with Crippen LogP contribution in [0, 0.1) is 11.4 Å². The van der Waals surface area contributed by atoms with E-state index < -0.39 is 15.5 Å². The second kappa shape index (κ2) is 5.61. The molecule has 3 aromatic heterocycles. The molecule has 0 spiro atoms. The summed E-state index contributed by atoms with van der Waals surface area (Å²) in [4.78, 5) is 15.3. The van der Waals surface area contributed by atoms with Gasteiger partial charge >= 0.3 is 0 Å². The summed E-state index contributed by atoms with van der Waals surface area (Å²) in [5.41, 5.74) is 1.85. The summed E-state index contributed by atoms with van der Waals surface area (Å²) in [6, 6.07) is 1.92. The van der Waals surface area contributed by atoms with Gasteiger partial charge < -0.3 is 9.83 Å². The number of aromatic amines is 1. The molecule has 0 aromatic carbocycles. The van der Waals surface area contributed by atoms with Crippen LogP contribution < -0.4 is 0 Å². The van der Waals surface area contributed by atoms with Crippen LogP contribution in [0.2, 0.25) is 0 Å². The first kappa shape index (κ1) is 16.4. The molecule has 27 heavy (non-hydrogen) atoms. The van der Waals surface area contributed by atoms with E-state index >= 15 is 0 Å². The lowest BCUT2D eigenvalue weighted by Gasteiger charge is -2.47. The van der Waals surface area contributed by atoms with Crippen LogP contribution >= 0.6 is 0 Å². The molecule has 0 radical (unpaired) electrons. The van der Waals surface area contributed by atoms with Gasteiger partial charge in [-0.05, 0) is 18.9 Å². The van der Waals surface area contributed by atoms with Crippen LogP contribution in [0.25, 0.3) is 27.1 Å². The first-order valence-corrected chi connectivity index (χ1v) is 10.3. The van der Waals surface area contributed by atoms with E-state index in [9.17, 15) is 4.21 Å². The molecule has 0 amide bonds. The van der Waals surface area contributed by atoms with Crippen molar-refractivity contribution in [2.75, 3.05) is 19.6 Å². The fraction of sp³-hybridized carbons (Fsp3) is 0.412. The Hall–Kier alpha value is -2.77. The smallest absolute Gasteiger partial charge is 0.242 e. The van der Waals surface area contributed by atoms with E-state index in [0.717, 1.165) is 35.1 Å². The van der Waals surface area contributed by atoms with Gasteiger partial charge in [-0.1, -0.05) is 0 Å². The van der Waals surface area contributed by atoms with Gasteiger partial charge in [0.2, 0.25) is 6.54 Å². The first-order valence-electron chi connectivity index (χ1n) is 8.73. The molecule has 1 saturated carbocycles. The first-order chi connectivity index (χ1) is 13.0. The summed E-state index contributed by atoms with van der Waals surface area (Å²) in [6.45, 7) is 8.42. The zero-order valence-corrected chi connectivity index (χ0v) is 15.3. The van der Waals surface area contributed by atoms with Gasteiger partial charge in [0.25, 0.3) is 0 Å². The molecule has 1 saturated heterocycles. The third kappa shape index (κ3) is 2.46. The van der Waals surface area contributed by atoms with Crippen LogP contribution in [0.4, 0.5) is 0 Å². The van der Waals surface area contributed by atoms with Gasteiger partial charge in [0.05, 0.1) is 17.1 Å². The number of H-pyrrole nitrogens is 1. The molecule has 1 atom stereocenters. The molecule has 9 nitrogen and oxygen atoms in total. The number of aromatic nitrogens is 5. The van der Waals surface area contributed by atoms with Crippen molar-refractivity contribution in [1.82, 2.24) is 29.0 Å².